The monoisotopic (exact) mass is 272 g/mol. The highest BCUT2D eigenvalue weighted by atomic mass is 16.5. The molecule has 1 amide bonds. The van der Waals surface area contributed by atoms with E-state index in [2.05, 4.69) is 5.16 Å². The first-order valence-corrected chi connectivity index (χ1v) is 6.16. The molecule has 0 radical (unpaired) electrons. The fraction of sp³-hybridized carbons (Fsp3) is 0.214. The highest BCUT2D eigenvalue weighted by Gasteiger charge is 2.21. The third-order valence-electron chi connectivity index (χ3n) is 3.44. The molecule has 0 bridgehead atoms. The van der Waals surface area contributed by atoms with Crippen molar-refractivity contribution in [3.05, 3.63) is 35.5 Å². The summed E-state index contributed by atoms with van der Waals surface area (Å²) in [6, 6.07) is 6.93. The number of carbonyl (C=O) groups excluding carboxylic acids is 1. The van der Waals surface area contributed by atoms with Gasteiger partial charge in [0.05, 0.1) is 0 Å². The molecule has 1 N–H and O–H groups in total. The number of nitrogens with zero attached hydrogens (tertiary/aromatic N) is 2. The lowest BCUT2D eigenvalue weighted by Crippen LogP contribution is -2.30. The molecule has 1 aliphatic heterocycles. The number of amides is 1. The number of carboxylic acid groups (broad SMARTS) is 1. The summed E-state index contributed by atoms with van der Waals surface area (Å²) in [6.45, 7) is 0. The van der Waals surface area contributed by atoms with Gasteiger partial charge in [-0.25, -0.2) is 4.79 Å². The first kappa shape index (κ1) is 12.4. The minimum Gasteiger partial charge on any atom is -0.476 e. The maximum Gasteiger partial charge on any atom is 0.358 e. The molecule has 6 heteroatoms. The van der Waals surface area contributed by atoms with Crippen molar-refractivity contribution < 1.29 is 19.2 Å². The van der Waals surface area contributed by atoms with Crippen molar-refractivity contribution in [1.29, 1.82) is 0 Å². The molecular weight excluding hydrogens is 260 g/mol. The fourth-order valence-electron chi connectivity index (χ4n) is 2.32. The van der Waals surface area contributed by atoms with Gasteiger partial charge in [0.25, 0.3) is 0 Å². The molecule has 20 heavy (non-hydrogen) atoms. The molecule has 0 saturated heterocycles. The van der Waals surface area contributed by atoms with Crippen LogP contribution in [0.25, 0.3) is 11.3 Å². The van der Waals surface area contributed by atoms with Gasteiger partial charge in [-0.05, 0) is 30.2 Å². The number of hydrogen-bond donors (Lipinski definition) is 1. The van der Waals surface area contributed by atoms with E-state index in [4.69, 9.17) is 9.63 Å². The molecule has 1 aromatic heterocycles. The van der Waals surface area contributed by atoms with Crippen LogP contribution < -0.4 is 4.90 Å². The van der Waals surface area contributed by atoms with E-state index < -0.39 is 5.97 Å². The Labute approximate surface area is 114 Å². The number of carboxylic acids is 1. The predicted octanol–water partition coefficient (Wildman–Crippen LogP) is 1.95. The number of anilines is 1. The molecule has 0 saturated carbocycles. The molecule has 0 unspecified atom stereocenters. The SMILES string of the molecule is CN1C(=O)CCc2cc(-c3cc(C(=O)O)no3)ccc21. The minimum atomic E-state index is -1.12. The number of aromatic carboxylic acids is 1. The van der Waals surface area contributed by atoms with E-state index in [-0.39, 0.29) is 11.6 Å². The zero-order chi connectivity index (χ0) is 14.3. The van der Waals surface area contributed by atoms with Crippen LogP contribution in [-0.2, 0) is 11.2 Å². The van der Waals surface area contributed by atoms with Crippen molar-refractivity contribution in [3.63, 3.8) is 0 Å². The number of hydrogen-bond acceptors (Lipinski definition) is 4. The quantitative estimate of drug-likeness (QED) is 0.903. The highest BCUT2D eigenvalue weighted by molar-refractivity contribution is 5.96. The van der Waals surface area contributed by atoms with Crippen LogP contribution >= 0.6 is 0 Å². The van der Waals surface area contributed by atoms with Gasteiger partial charge in [0.2, 0.25) is 5.91 Å². The number of fused-ring (bicyclic) bond motifs is 1. The average molecular weight is 272 g/mol. The van der Waals surface area contributed by atoms with Crippen LogP contribution in [0.4, 0.5) is 5.69 Å². The minimum absolute atomic E-state index is 0.0954. The number of rotatable bonds is 2. The Morgan fingerprint density at radius 1 is 1.35 bits per heavy atom. The highest BCUT2D eigenvalue weighted by Crippen LogP contribution is 2.31. The van der Waals surface area contributed by atoms with Gasteiger partial charge in [-0.15, -0.1) is 0 Å². The lowest BCUT2D eigenvalue weighted by Gasteiger charge is -2.25. The largest absolute Gasteiger partial charge is 0.476 e. The molecule has 1 aliphatic rings. The molecule has 1 aromatic carbocycles. The van der Waals surface area contributed by atoms with Crippen molar-refractivity contribution >= 4 is 17.6 Å². The van der Waals surface area contributed by atoms with Crippen LogP contribution in [0.2, 0.25) is 0 Å². The normalized spacial score (nSPS) is 14.2. The second-order valence-corrected chi connectivity index (χ2v) is 4.68. The van der Waals surface area contributed by atoms with E-state index in [9.17, 15) is 9.59 Å². The topological polar surface area (TPSA) is 83.6 Å². The number of aryl methyl sites for hydroxylation is 1. The first-order chi connectivity index (χ1) is 9.56. The average Bonchev–Trinajstić information content (AvgIpc) is 2.92. The summed E-state index contributed by atoms with van der Waals surface area (Å²) in [5.41, 5.74) is 2.55. The zero-order valence-corrected chi connectivity index (χ0v) is 10.8. The summed E-state index contributed by atoms with van der Waals surface area (Å²) in [4.78, 5) is 24.0. The number of carbonyl (C=O) groups is 2. The molecule has 102 valence electrons. The summed E-state index contributed by atoms with van der Waals surface area (Å²) >= 11 is 0. The van der Waals surface area contributed by atoms with Crippen LogP contribution in [0.1, 0.15) is 22.5 Å². The molecule has 2 aromatic rings. The van der Waals surface area contributed by atoms with Crippen LogP contribution in [-0.4, -0.2) is 29.2 Å². The molecule has 0 spiro atoms. The first-order valence-electron chi connectivity index (χ1n) is 6.16. The van der Waals surface area contributed by atoms with E-state index >= 15 is 0 Å². The van der Waals surface area contributed by atoms with Gasteiger partial charge in [0.1, 0.15) is 0 Å². The fourth-order valence-corrected chi connectivity index (χ4v) is 2.32. The van der Waals surface area contributed by atoms with E-state index in [0.717, 1.165) is 16.8 Å². The van der Waals surface area contributed by atoms with Crippen molar-refractivity contribution in [2.45, 2.75) is 12.8 Å². The molecule has 0 fully saturated rings. The molecular formula is C14H12N2O4. The van der Waals surface area contributed by atoms with Crippen molar-refractivity contribution in [2.75, 3.05) is 11.9 Å². The Bertz CT molecular complexity index is 705. The van der Waals surface area contributed by atoms with Gasteiger partial charge >= 0.3 is 5.97 Å². The van der Waals surface area contributed by atoms with Crippen LogP contribution in [0.5, 0.6) is 0 Å². The van der Waals surface area contributed by atoms with E-state index in [1.165, 1.54) is 6.07 Å². The summed E-state index contributed by atoms with van der Waals surface area (Å²) < 4.78 is 5.04. The predicted molar refractivity (Wildman–Crippen MR) is 70.6 cm³/mol. The Balaban J connectivity index is 2.00. The Hall–Kier alpha value is -2.63. The van der Waals surface area contributed by atoms with Gasteiger partial charge < -0.3 is 14.5 Å². The van der Waals surface area contributed by atoms with Gasteiger partial charge in [-0.2, -0.15) is 0 Å². The summed E-state index contributed by atoms with van der Waals surface area (Å²) in [6.07, 6.45) is 1.15. The Morgan fingerprint density at radius 2 is 2.15 bits per heavy atom. The van der Waals surface area contributed by atoms with E-state index in [0.29, 0.717) is 18.6 Å². The second kappa shape index (κ2) is 4.48. The third kappa shape index (κ3) is 1.95. The third-order valence-corrected chi connectivity index (χ3v) is 3.44. The summed E-state index contributed by atoms with van der Waals surface area (Å²) in [7, 11) is 1.75. The van der Waals surface area contributed by atoms with Crippen molar-refractivity contribution in [2.24, 2.45) is 0 Å². The van der Waals surface area contributed by atoms with E-state index in [1.54, 1.807) is 18.0 Å². The molecule has 0 aliphatic carbocycles. The number of aromatic nitrogens is 1. The zero-order valence-electron chi connectivity index (χ0n) is 10.8. The van der Waals surface area contributed by atoms with Crippen molar-refractivity contribution in [3.8, 4) is 11.3 Å². The molecule has 3 rings (SSSR count). The molecule has 6 nitrogen and oxygen atoms in total. The van der Waals surface area contributed by atoms with Crippen LogP contribution in [0.3, 0.4) is 0 Å². The van der Waals surface area contributed by atoms with Gasteiger partial charge in [-0.1, -0.05) is 5.16 Å². The summed E-state index contributed by atoms with van der Waals surface area (Å²) in [5, 5.41) is 12.3. The van der Waals surface area contributed by atoms with Gasteiger partial charge in [0.15, 0.2) is 11.5 Å². The molecule has 0 atom stereocenters. The van der Waals surface area contributed by atoms with Crippen molar-refractivity contribution in [1.82, 2.24) is 5.16 Å². The van der Waals surface area contributed by atoms with Gasteiger partial charge in [0, 0.05) is 30.8 Å². The van der Waals surface area contributed by atoms with Crippen LogP contribution in [0.15, 0.2) is 28.8 Å². The smallest absolute Gasteiger partial charge is 0.358 e. The Kier molecular flexibility index (Phi) is 2.78. The van der Waals surface area contributed by atoms with E-state index in [1.807, 2.05) is 12.1 Å². The number of benzene rings is 1. The maximum atomic E-state index is 11.6. The second-order valence-electron chi connectivity index (χ2n) is 4.68. The standard InChI is InChI=1S/C14H12N2O4/c1-16-11-4-2-9(6-8(11)3-5-13(16)17)12-7-10(14(18)19)15-20-12/h2,4,6-7H,3,5H2,1H3,(H,18,19). The lowest BCUT2D eigenvalue weighted by atomic mass is 9.98. The molecule has 2 heterocycles. The van der Waals surface area contributed by atoms with Gasteiger partial charge in [-0.3, -0.25) is 4.79 Å². The summed E-state index contributed by atoms with van der Waals surface area (Å²) in [5.74, 6) is -0.619. The Morgan fingerprint density at radius 3 is 2.85 bits per heavy atom. The maximum absolute atomic E-state index is 11.6. The lowest BCUT2D eigenvalue weighted by molar-refractivity contribution is -0.118. The van der Waals surface area contributed by atoms with Crippen LogP contribution in [0, 0.1) is 0 Å².